The fourth-order valence-corrected chi connectivity index (χ4v) is 13.3. The molecular formula is C60H100O37. The Labute approximate surface area is 557 Å². The zero-order valence-corrected chi connectivity index (χ0v) is 53.1. The highest BCUT2D eigenvalue weighted by Gasteiger charge is 2.59. The van der Waals surface area contributed by atoms with Crippen molar-refractivity contribution in [2.24, 2.45) is 0 Å². The Kier molecular flexibility index (Phi) is 31.0. The van der Waals surface area contributed by atoms with Gasteiger partial charge in [0.05, 0.1) is 89.5 Å². The second kappa shape index (κ2) is 37.6. The molecule has 34 atom stereocenters. The van der Waals surface area contributed by atoms with Gasteiger partial charge in [-0.15, -0.1) is 0 Å². The van der Waals surface area contributed by atoms with Gasteiger partial charge < -0.3 is 183 Å². The lowest BCUT2D eigenvalue weighted by molar-refractivity contribution is -0.396. The summed E-state index contributed by atoms with van der Waals surface area (Å²) >= 11 is 0. The van der Waals surface area contributed by atoms with Crippen molar-refractivity contribution in [3.8, 4) is 0 Å². The smallest absolute Gasteiger partial charge is 0.187 e. The van der Waals surface area contributed by atoms with Gasteiger partial charge in [0.15, 0.2) is 44.0 Å². The Hall–Kier alpha value is -2.74. The van der Waals surface area contributed by atoms with E-state index in [2.05, 4.69) is 19.7 Å². The van der Waals surface area contributed by atoms with E-state index in [1.165, 1.54) is 44.6 Å². The summed E-state index contributed by atoms with van der Waals surface area (Å²) in [5.41, 5.74) is 0. The molecule has 0 amide bonds. The summed E-state index contributed by atoms with van der Waals surface area (Å²) < 4.78 is 95.8. The SMILES string of the molecule is C=COC1CCC(OC=C)CC1.C=COC1CCCCC1.OCC1OC2OC3C(CO)OC(OC4C(CO)OC(OC5C(CO)OC(OC6C(CO)OC(OC7C(CO)OC(OC8C(CO)OC(OC1CC2O)C(O)C8O)C(O)C7O)C(O)C6O)C(O)C5O)C(O)C4O)C(O)C3O. The minimum atomic E-state index is -2.19. The van der Waals surface area contributed by atoms with Crippen LogP contribution in [0.5, 0.6) is 0 Å². The van der Waals surface area contributed by atoms with Crippen LogP contribution in [0.3, 0.4) is 0 Å². The van der Waals surface area contributed by atoms with Crippen LogP contribution >= 0.6 is 0 Å². The molecule has 37 nitrogen and oxygen atoms in total. The second-order valence-electron chi connectivity index (χ2n) is 25.1. The van der Waals surface area contributed by atoms with Gasteiger partial charge in [0, 0.05) is 6.42 Å². The molecule has 21 heterocycles. The minimum Gasteiger partial charge on any atom is -0.499 e. The molecule has 21 saturated heterocycles. The molecule has 23 rings (SSSR count). The maximum Gasteiger partial charge on any atom is 0.187 e. The maximum atomic E-state index is 11.3. The number of hydrogen-bond donors (Lipinski definition) is 20. The van der Waals surface area contributed by atoms with Gasteiger partial charge in [-0.2, -0.15) is 0 Å². The van der Waals surface area contributed by atoms with E-state index in [9.17, 15) is 102 Å². The highest BCUT2D eigenvalue weighted by molar-refractivity contribution is 5.01. The highest BCUT2D eigenvalue weighted by Crippen LogP contribution is 2.39. The van der Waals surface area contributed by atoms with Crippen molar-refractivity contribution >= 4 is 0 Å². The molecule has 97 heavy (non-hydrogen) atoms. The average Bonchev–Trinajstić information content (AvgIpc) is 0.796. The van der Waals surface area contributed by atoms with E-state index in [4.69, 9.17) is 80.5 Å². The van der Waals surface area contributed by atoms with Crippen LogP contribution in [0.15, 0.2) is 38.5 Å². The minimum absolute atomic E-state index is 0.354. The Bertz CT molecular complexity index is 2280. The molecule has 0 aromatic carbocycles. The standard InChI is InChI=1S/C42H70O34.C10H16O2.C8H14O/c43-2-11-10-1-9(50)36(64-11)71-30-12(3-44)66-38(25(58)19(30)52)73-32-14(5-46)68-40(27(60)21(32)54)75-34-16(7-48)70-42(29(62)23(34)56)76-35-17(8-49)69-41(28(61)22(35)55)74-33-15(6-47)67-39(26(59)20(33)53)72-31-13(4-45)65-37(63-10)24(57)18(31)51;1-3-11-9-5-7-10(8-6-9)12-4-2;1-2-9-8-6-4-3-5-7-8/h9-62H,1-8H2;3-4,9-10H,1-2,5-8H2;2,8H,1,3-7H2. The van der Waals surface area contributed by atoms with Crippen molar-refractivity contribution in [3.63, 3.8) is 0 Å². The van der Waals surface area contributed by atoms with E-state index in [0.717, 1.165) is 25.7 Å². The molecule has 37 heteroatoms. The van der Waals surface area contributed by atoms with E-state index in [-0.39, 0.29) is 0 Å². The molecule has 34 unspecified atom stereocenters. The lowest BCUT2D eigenvalue weighted by atomic mass is 9.95. The van der Waals surface area contributed by atoms with Gasteiger partial charge >= 0.3 is 0 Å². The van der Waals surface area contributed by atoms with Gasteiger partial charge in [0.25, 0.3) is 0 Å². The molecule has 2 saturated carbocycles. The van der Waals surface area contributed by atoms with Crippen LogP contribution in [0, 0.1) is 0 Å². The summed E-state index contributed by atoms with van der Waals surface area (Å²) in [6.45, 7) is 3.67. The lowest BCUT2D eigenvalue weighted by Gasteiger charge is -2.50. The third-order valence-corrected chi connectivity index (χ3v) is 18.7. The Morgan fingerprint density at radius 2 is 0.474 bits per heavy atom. The predicted molar refractivity (Wildman–Crippen MR) is 314 cm³/mol. The zero-order chi connectivity index (χ0) is 70.5. The van der Waals surface area contributed by atoms with Crippen LogP contribution < -0.4 is 0 Å². The molecule has 20 N–H and O–H groups in total. The van der Waals surface area contributed by atoms with Crippen LogP contribution in [-0.2, 0) is 80.5 Å². The van der Waals surface area contributed by atoms with E-state index in [1.54, 1.807) is 6.26 Å². The average molecular weight is 1410 g/mol. The molecule has 21 aliphatic heterocycles. The molecule has 14 bridgehead atoms. The molecule has 0 aromatic rings. The van der Waals surface area contributed by atoms with Crippen LogP contribution in [0.1, 0.15) is 64.2 Å². The number of ether oxygens (including phenoxy) is 17. The van der Waals surface area contributed by atoms with Crippen molar-refractivity contribution in [2.45, 2.75) is 291 Å². The van der Waals surface area contributed by atoms with Gasteiger partial charge in [-0.25, -0.2) is 0 Å². The van der Waals surface area contributed by atoms with Gasteiger partial charge in [-0.3, -0.25) is 0 Å². The van der Waals surface area contributed by atoms with E-state index >= 15 is 0 Å². The van der Waals surface area contributed by atoms with Gasteiger partial charge in [-0.1, -0.05) is 26.2 Å². The third-order valence-electron chi connectivity index (χ3n) is 18.7. The van der Waals surface area contributed by atoms with E-state index in [0.29, 0.717) is 18.3 Å². The highest BCUT2D eigenvalue weighted by atomic mass is 16.8. The Morgan fingerprint density at radius 3 is 0.711 bits per heavy atom. The zero-order valence-electron chi connectivity index (χ0n) is 53.1. The number of aliphatic hydroxyl groups excluding tert-OH is 20. The summed E-state index contributed by atoms with van der Waals surface area (Å²) in [4.78, 5) is 0. The van der Waals surface area contributed by atoms with Crippen LogP contribution in [0.2, 0.25) is 0 Å². The number of rotatable bonds is 13. The summed E-state index contributed by atoms with van der Waals surface area (Å²) in [5.74, 6) is 0. The van der Waals surface area contributed by atoms with Crippen molar-refractivity contribution in [1.29, 1.82) is 0 Å². The largest absolute Gasteiger partial charge is 0.499 e. The first-order valence-corrected chi connectivity index (χ1v) is 32.6. The molecule has 0 aromatic heterocycles. The quantitative estimate of drug-likeness (QED) is 0.0762. The normalized spacial score (nSPS) is 48.6. The van der Waals surface area contributed by atoms with Crippen LogP contribution in [0.4, 0.5) is 0 Å². The van der Waals surface area contributed by atoms with Crippen molar-refractivity contribution in [3.05, 3.63) is 38.5 Å². The summed E-state index contributed by atoms with van der Waals surface area (Å²) in [5, 5.41) is 219. The maximum absolute atomic E-state index is 11.3. The molecule has 23 aliphatic rings. The van der Waals surface area contributed by atoms with Crippen molar-refractivity contribution < 1.29 is 183 Å². The Morgan fingerprint density at radius 1 is 0.258 bits per heavy atom. The van der Waals surface area contributed by atoms with Gasteiger partial charge in [0.1, 0.15) is 159 Å². The molecule has 23 fully saturated rings. The van der Waals surface area contributed by atoms with E-state index in [1.807, 2.05) is 0 Å². The number of hydrogen-bond acceptors (Lipinski definition) is 37. The van der Waals surface area contributed by atoms with Crippen LogP contribution in [0.25, 0.3) is 0 Å². The second-order valence-corrected chi connectivity index (χ2v) is 25.1. The third kappa shape index (κ3) is 19.0. The first-order valence-electron chi connectivity index (χ1n) is 32.6. The topological polar surface area (TPSA) is 562 Å². The van der Waals surface area contributed by atoms with Gasteiger partial charge in [-0.05, 0) is 51.4 Å². The summed E-state index contributed by atoms with van der Waals surface area (Å²) in [6.07, 6.45) is -49.1. The first kappa shape index (κ1) is 80.0. The molecular weight excluding hydrogens is 1310 g/mol. The monoisotopic (exact) mass is 1410 g/mol. The molecule has 562 valence electrons. The molecule has 2 aliphatic carbocycles. The number of aliphatic hydroxyl groups is 20. The van der Waals surface area contributed by atoms with Crippen molar-refractivity contribution in [1.82, 2.24) is 0 Å². The first-order chi connectivity index (χ1) is 46.5. The fraction of sp³-hybridized carbons (Fsp3) is 0.900. The van der Waals surface area contributed by atoms with E-state index < -0.39 is 262 Å². The van der Waals surface area contributed by atoms with Crippen LogP contribution in [-0.4, -0.2) is 376 Å². The van der Waals surface area contributed by atoms with Gasteiger partial charge in [0.2, 0.25) is 0 Å². The summed E-state index contributed by atoms with van der Waals surface area (Å²) in [6, 6.07) is 0. The predicted octanol–water partition coefficient (Wildman–Crippen LogP) is -9.10. The van der Waals surface area contributed by atoms with Crippen molar-refractivity contribution in [2.75, 3.05) is 46.2 Å². The molecule has 0 spiro atoms. The lowest BCUT2D eigenvalue weighted by Crippen LogP contribution is -2.68. The summed E-state index contributed by atoms with van der Waals surface area (Å²) in [7, 11) is 0. The Balaban J connectivity index is 0.000000485. The molecule has 0 radical (unpaired) electrons. The fourth-order valence-electron chi connectivity index (χ4n) is 13.3.